The number of carbonyl (C=O) groups is 1. The Morgan fingerprint density at radius 3 is 2.40 bits per heavy atom. The summed E-state index contributed by atoms with van der Waals surface area (Å²) in [6.45, 7) is 0. The minimum atomic E-state index is -3.86. The van der Waals surface area contributed by atoms with Gasteiger partial charge in [0.1, 0.15) is 12.1 Å². The zero-order valence-electron chi connectivity index (χ0n) is 12.8. The molecule has 6 nitrogen and oxygen atoms in total. The molecule has 0 unspecified atom stereocenters. The summed E-state index contributed by atoms with van der Waals surface area (Å²) in [5.74, 6) is -0.917. The van der Waals surface area contributed by atoms with Crippen molar-refractivity contribution in [3.05, 3.63) is 78.5 Å². The van der Waals surface area contributed by atoms with Crippen LogP contribution in [0.5, 0.6) is 0 Å². The quantitative estimate of drug-likeness (QED) is 0.729. The van der Waals surface area contributed by atoms with Crippen LogP contribution in [0.3, 0.4) is 0 Å². The molecule has 128 valence electrons. The highest BCUT2D eigenvalue weighted by atomic mass is 32.2. The predicted molar refractivity (Wildman–Crippen MR) is 90.3 cm³/mol. The second-order valence-electron chi connectivity index (χ2n) is 5.11. The lowest BCUT2D eigenvalue weighted by Crippen LogP contribution is -2.14. The maximum Gasteiger partial charge on any atom is 0.261 e. The Bertz CT molecular complexity index is 984. The minimum Gasteiger partial charge on any atom is -0.472 e. The van der Waals surface area contributed by atoms with E-state index >= 15 is 0 Å². The van der Waals surface area contributed by atoms with Crippen LogP contribution < -0.4 is 10.0 Å². The van der Waals surface area contributed by atoms with Crippen LogP contribution in [0, 0.1) is 5.82 Å². The van der Waals surface area contributed by atoms with Gasteiger partial charge >= 0.3 is 0 Å². The molecule has 8 heteroatoms. The second-order valence-corrected chi connectivity index (χ2v) is 6.79. The molecule has 2 N–H and O–H groups in total. The van der Waals surface area contributed by atoms with E-state index in [2.05, 4.69) is 10.0 Å². The maximum absolute atomic E-state index is 13.2. The topological polar surface area (TPSA) is 88.4 Å². The molecule has 2 aromatic carbocycles. The molecule has 0 aliphatic heterocycles. The second kappa shape index (κ2) is 6.78. The van der Waals surface area contributed by atoms with Gasteiger partial charge in [0.25, 0.3) is 15.9 Å². The number of carbonyl (C=O) groups excluding carboxylic acids is 1. The molecule has 3 aromatic rings. The summed E-state index contributed by atoms with van der Waals surface area (Å²) >= 11 is 0. The summed E-state index contributed by atoms with van der Waals surface area (Å²) in [4.78, 5) is 11.9. The van der Waals surface area contributed by atoms with Crippen LogP contribution in [0.15, 0.2) is 76.4 Å². The summed E-state index contributed by atoms with van der Waals surface area (Å²) in [5.41, 5.74) is 0.901. The number of sulfonamides is 1. The molecule has 0 radical (unpaired) electrons. The lowest BCUT2D eigenvalue weighted by Gasteiger charge is -2.09. The van der Waals surface area contributed by atoms with E-state index in [1.807, 2.05) is 0 Å². The van der Waals surface area contributed by atoms with Crippen LogP contribution in [-0.2, 0) is 10.0 Å². The number of rotatable bonds is 5. The molecule has 0 atom stereocenters. The highest BCUT2D eigenvalue weighted by Crippen LogP contribution is 2.19. The Hall–Kier alpha value is -3.13. The molecule has 0 saturated carbocycles. The van der Waals surface area contributed by atoms with Gasteiger partial charge in [0.05, 0.1) is 22.4 Å². The lowest BCUT2D eigenvalue weighted by atomic mass is 10.3. The van der Waals surface area contributed by atoms with E-state index in [-0.39, 0.29) is 16.5 Å². The summed E-state index contributed by atoms with van der Waals surface area (Å²) in [6, 6.07) is 12.3. The molecule has 1 aromatic heterocycles. The number of benzene rings is 2. The Balaban J connectivity index is 1.73. The molecular weight excluding hydrogens is 347 g/mol. The average molecular weight is 360 g/mol. The van der Waals surface area contributed by atoms with Crippen molar-refractivity contribution in [2.45, 2.75) is 4.90 Å². The number of amides is 1. The van der Waals surface area contributed by atoms with Crippen LogP contribution in [0.1, 0.15) is 10.4 Å². The number of hydrogen-bond donors (Lipinski definition) is 2. The van der Waals surface area contributed by atoms with Gasteiger partial charge in [-0.2, -0.15) is 0 Å². The maximum atomic E-state index is 13.2. The Labute approximate surface area is 143 Å². The van der Waals surface area contributed by atoms with Crippen LogP contribution in [0.2, 0.25) is 0 Å². The third kappa shape index (κ3) is 4.04. The minimum absolute atomic E-state index is 0.0157. The average Bonchev–Trinajstić information content (AvgIpc) is 3.09. The molecule has 0 fully saturated rings. The first-order chi connectivity index (χ1) is 11.9. The van der Waals surface area contributed by atoms with Crippen LogP contribution in [-0.4, -0.2) is 14.3 Å². The lowest BCUT2D eigenvalue weighted by molar-refractivity contribution is 0.102. The van der Waals surface area contributed by atoms with Gasteiger partial charge in [-0.05, 0) is 48.5 Å². The highest BCUT2D eigenvalue weighted by molar-refractivity contribution is 7.92. The van der Waals surface area contributed by atoms with E-state index in [1.54, 1.807) is 0 Å². The first-order valence-electron chi connectivity index (χ1n) is 7.16. The fourth-order valence-corrected chi connectivity index (χ4v) is 3.13. The Morgan fingerprint density at radius 2 is 1.76 bits per heavy atom. The van der Waals surface area contributed by atoms with Crippen molar-refractivity contribution in [1.82, 2.24) is 0 Å². The van der Waals surface area contributed by atoms with E-state index < -0.39 is 15.8 Å². The van der Waals surface area contributed by atoms with E-state index in [0.29, 0.717) is 11.3 Å². The SMILES string of the molecule is O=C(Nc1ccc(S(=O)(=O)Nc2cccc(F)c2)cc1)c1ccoc1. The Kier molecular flexibility index (Phi) is 4.53. The van der Waals surface area contributed by atoms with Crippen molar-refractivity contribution in [1.29, 1.82) is 0 Å². The van der Waals surface area contributed by atoms with Gasteiger partial charge in [0, 0.05) is 5.69 Å². The van der Waals surface area contributed by atoms with Crippen molar-refractivity contribution in [3.8, 4) is 0 Å². The number of halogens is 1. The summed E-state index contributed by atoms with van der Waals surface area (Å²) in [7, 11) is -3.86. The summed E-state index contributed by atoms with van der Waals surface area (Å²) in [5, 5.41) is 2.62. The van der Waals surface area contributed by atoms with Crippen molar-refractivity contribution >= 4 is 27.3 Å². The van der Waals surface area contributed by atoms with Crippen molar-refractivity contribution in [2.75, 3.05) is 10.0 Å². The van der Waals surface area contributed by atoms with E-state index in [1.165, 1.54) is 61.1 Å². The van der Waals surface area contributed by atoms with Gasteiger partial charge in [-0.25, -0.2) is 12.8 Å². The highest BCUT2D eigenvalue weighted by Gasteiger charge is 2.15. The fourth-order valence-electron chi connectivity index (χ4n) is 2.08. The summed E-state index contributed by atoms with van der Waals surface area (Å²) in [6.07, 6.45) is 2.68. The van der Waals surface area contributed by atoms with Gasteiger partial charge < -0.3 is 9.73 Å². The van der Waals surface area contributed by atoms with Gasteiger partial charge in [-0.1, -0.05) is 6.07 Å². The van der Waals surface area contributed by atoms with Crippen LogP contribution in [0.25, 0.3) is 0 Å². The fraction of sp³-hybridized carbons (Fsp3) is 0. The molecule has 0 bridgehead atoms. The predicted octanol–water partition coefficient (Wildman–Crippen LogP) is 3.47. The smallest absolute Gasteiger partial charge is 0.261 e. The molecule has 25 heavy (non-hydrogen) atoms. The van der Waals surface area contributed by atoms with E-state index in [4.69, 9.17) is 4.42 Å². The summed E-state index contributed by atoms with van der Waals surface area (Å²) < 4.78 is 44.9. The third-order valence-electron chi connectivity index (χ3n) is 3.28. The molecule has 0 saturated heterocycles. The van der Waals surface area contributed by atoms with Gasteiger partial charge in [-0.3, -0.25) is 9.52 Å². The van der Waals surface area contributed by atoms with Crippen molar-refractivity contribution in [3.63, 3.8) is 0 Å². The van der Waals surface area contributed by atoms with Crippen LogP contribution in [0.4, 0.5) is 15.8 Å². The molecule has 0 aliphatic carbocycles. The molecule has 1 heterocycles. The first-order valence-corrected chi connectivity index (χ1v) is 8.64. The van der Waals surface area contributed by atoms with Crippen molar-refractivity contribution in [2.24, 2.45) is 0 Å². The standard InChI is InChI=1S/C17H13FN2O4S/c18-13-2-1-3-15(10-13)20-25(22,23)16-6-4-14(5-7-16)19-17(21)12-8-9-24-11-12/h1-11,20H,(H,19,21). The molecule has 0 aliphatic rings. The van der Waals surface area contributed by atoms with Crippen LogP contribution >= 0.6 is 0 Å². The zero-order valence-corrected chi connectivity index (χ0v) is 13.6. The van der Waals surface area contributed by atoms with E-state index in [9.17, 15) is 17.6 Å². The van der Waals surface area contributed by atoms with Crippen molar-refractivity contribution < 1.29 is 22.0 Å². The molecular formula is C17H13FN2O4S. The number of anilines is 2. The molecule has 1 amide bonds. The normalized spacial score (nSPS) is 11.1. The molecule has 0 spiro atoms. The number of nitrogens with one attached hydrogen (secondary N) is 2. The first kappa shape index (κ1) is 16.7. The zero-order chi connectivity index (χ0) is 17.9. The van der Waals surface area contributed by atoms with Gasteiger partial charge in [0.2, 0.25) is 0 Å². The monoisotopic (exact) mass is 360 g/mol. The largest absolute Gasteiger partial charge is 0.472 e. The van der Waals surface area contributed by atoms with Gasteiger partial charge in [-0.15, -0.1) is 0 Å². The molecule has 3 rings (SSSR count). The number of furan rings is 1. The number of hydrogen-bond acceptors (Lipinski definition) is 4. The van der Waals surface area contributed by atoms with E-state index in [0.717, 1.165) is 6.07 Å². The third-order valence-corrected chi connectivity index (χ3v) is 4.68. The van der Waals surface area contributed by atoms with Gasteiger partial charge in [0.15, 0.2) is 0 Å². The Morgan fingerprint density at radius 1 is 1.00 bits per heavy atom.